The Balaban J connectivity index is 0.000000147. The molecule has 0 unspecified atom stereocenters. The number of aryl methyl sites for hydroxylation is 2. The molecule has 4 aromatic heterocycles. The molecule has 0 saturated heterocycles. The van der Waals surface area contributed by atoms with E-state index in [0.29, 0.717) is 5.95 Å². The van der Waals surface area contributed by atoms with E-state index in [4.69, 9.17) is 24.7 Å². The summed E-state index contributed by atoms with van der Waals surface area (Å²) in [6, 6.07) is 41.7. The molecule has 9 heteroatoms. The Morgan fingerprint density at radius 2 is 1.05 bits per heavy atom. The highest BCUT2D eigenvalue weighted by Crippen LogP contribution is 2.32. The lowest BCUT2D eigenvalue weighted by Gasteiger charge is -2.21. The molecular weight excluding hydrogens is 693 g/mol. The Labute approximate surface area is 327 Å². The molecule has 56 heavy (non-hydrogen) atoms. The monoisotopic (exact) mass is 738 g/mol. The highest BCUT2D eigenvalue weighted by Gasteiger charge is 2.22. The van der Waals surface area contributed by atoms with Crippen molar-refractivity contribution in [1.82, 2.24) is 29.1 Å². The zero-order valence-electron chi connectivity index (χ0n) is 31.8. The minimum Gasteiger partial charge on any atom is -0.482 e. The normalized spacial score (nSPS) is 13.4. The third-order valence-corrected chi connectivity index (χ3v) is 10.8. The van der Waals surface area contributed by atoms with Crippen molar-refractivity contribution in [2.75, 3.05) is 17.7 Å². The fourth-order valence-corrected chi connectivity index (χ4v) is 7.97. The second kappa shape index (κ2) is 16.1. The summed E-state index contributed by atoms with van der Waals surface area (Å²) < 4.78 is 9.77. The third-order valence-electron chi connectivity index (χ3n) is 10.8. The van der Waals surface area contributed by atoms with Gasteiger partial charge < -0.3 is 15.4 Å². The summed E-state index contributed by atoms with van der Waals surface area (Å²) in [7, 11) is 1.69. The number of para-hydroxylation sites is 2. The number of ether oxygens (including phenoxy) is 1. The van der Waals surface area contributed by atoms with Crippen molar-refractivity contribution in [3.8, 4) is 17.8 Å². The van der Waals surface area contributed by atoms with Crippen LogP contribution >= 0.6 is 0 Å². The lowest BCUT2D eigenvalue weighted by atomic mass is 9.96. The van der Waals surface area contributed by atoms with Gasteiger partial charge in [0.25, 0.3) is 0 Å². The van der Waals surface area contributed by atoms with Gasteiger partial charge in [-0.25, -0.2) is 14.5 Å². The minimum atomic E-state index is 0.666. The van der Waals surface area contributed by atoms with Gasteiger partial charge in [0.1, 0.15) is 11.6 Å². The smallest absolute Gasteiger partial charge is 0.239 e. The van der Waals surface area contributed by atoms with Crippen LogP contribution in [0.4, 0.5) is 11.6 Å². The van der Waals surface area contributed by atoms with Gasteiger partial charge >= 0.3 is 0 Å². The number of hydrogen-bond donors (Lipinski definition) is 2. The van der Waals surface area contributed by atoms with E-state index in [-0.39, 0.29) is 0 Å². The summed E-state index contributed by atoms with van der Waals surface area (Å²) in [6.45, 7) is 1.52. The first-order valence-electron chi connectivity index (χ1n) is 19.8. The number of benzene rings is 4. The van der Waals surface area contributed by atoms with E-state index < -0.39 is 0 Å². The Morgan fingerprint density at radius 3 is 1.68 bits per heavy atom. The molecule has 0 aliphatic heterocycles. The molecule has 0 spiro atoms. The quantitative estimate of drug-likeness (QED) is 0.152. The fourth-order valence-electron chi connectivity index (χ4n) is 7.97. The maximum Gasteiger partial charge on any atom is 0.239 e. The summed E-state index contributed by atoms with van der Waals surface area (Å²) >= 11 is 0. The van der Waals surface area contributed by atoms with Crippen LogP contribution in [0.25, 0.3) is 33.7 Å². The molecule has 2 N–H and O–H groups in total. The Morgan fingerprint density at radius 1 is 0.536 bits per heavy atom. The maximum absolute atomic E-state index is 5.66. The number of nitrogens with one attached hydrogen (secondary N) is 2. The number of hydrogen-bond acceptors (Lipinski definition) is 7. The lowest BCUT2D eigenvalue weighted by molar-refractivity contribution is 0.390. The van der Waals surface area contributed by atoms with Crippen molar-refractivity contribution < 1.29 is 4.74 Å². The van der Waals surface area contributed by atoms with Crippen LogP contribution in [0, 0.1) is 0 Å². The average Bonchev–Trinajstić information content (AvgIpc) is 3.88. The van der Waals surface area contributed by atoms with Crippen molar-refractivity contribution in [3.63, 3.8) is 0 Å². The molecule has 280 valence electrons. The molecule has 8 aromatic rings. The molecule has 0 saturated carbocycles. The molecule has 9 nitrogen and oxygen atoms in total. The highest BCUT2D eigenvalue weighted by molar-refractivity contribution is 5.84. The second-order valence-electron chi connectivity index (χ2n) is 14.5. The first-order chi connectivity index (χ1) is 27.7. The van der Waals surface area contributed by atoms with Crippen LogP contribution in [0.1, 0.15) is 59.3 Å². The summed E-state index contributed by atoms with van der Waals surface area (Å²) in [5, 5.41) is 9.47. The minimum absolute atomic E-state index is 0.666. The van der Waals surface area contributed by atoms with Crippen LogP contribution in [0.15, 0.2) is 128 Å². The molecule has 0 atom stereocenters. The molecule has 2 aliphatic carbocycles. The second-order valence-corrected chi connectivity index (χ2v) is 14.5. The van der Waals surface area contributed by atoms with Crippen molar-refractivity contribution in [3.05, 3.63) is 161 Å². The predicted octanol–water partition coefficient (Wildman–Crippen LogP) is 9.83. The van der Waals surface area contributed by atoms with Crippen molar-refractivity contribution in [2.45, 2.75) is 64.5 Å². The topological polar surface area (TPSA) is 94.7 Å². The average molecular weight is 739 g/mol. The van der Waals surface area contributed by atoms with E-state index in [0.717, 1.165) is 84.4 Å². The SMILES string of the molecule is COc1cc2ccccc2n1-c1nc2c(c(NCc3ccccc3)n1)CCCC2.c1ccc(CNc2nc(-n3ccc4ccccc43)nc3c2CCCC3)cc1. The first-order valence-corrected chi connectivity index (χ1v) is 19.8. The zero-order chi connectivity index (χ0) is 37.7. The molecule has 0 fully saturated rings. The van der Waals surface area contributed by atoms with E-state index in [1.165, 1.54) is 59.0 Å². The molecule has 4 heterocycles. The number of methoxy groups -OCH3 is 1. The Kier molecular flexibility index (Phi) is 10.1. The van der Waals surface area contributed by atoms with Crippen molar-refractivity contribution in [2.24, 2.45) is 0 Å². The van der Waals surface area contributed by atoms with Crippen LogP contribution in [-0.2, 0) is 38.8 Å². The number of fused-ring (bicyclic) bond motifs is 4. The molecule has 0 amide bonds. The molecule has 0 radical (unpaired) electrons. The number of rotatable bonds is 9. The lowest BCUT2D eigenvalue weighted by Crippen LogP contribution is -2.16. The number of anilines is 2. The van der Waals surface area contributed by atoms with Gasteiger partial charge in [-0.05, 0) is 80.7 Å². The number of nitrogens with zero attached hydrogens (tertiary/aromatic N) is 6. The summed E-state index contributed by atoms with van der Waals surface area (Å²) in [6.07, 6.45) is 10.9. The number of aromatic nitrogens is 6. The maximum atomic E-state index is 5.66. The standard InChI is InChI=1S/C24H24N4O.C23H22N4/c1-29-22-15-18-11-5-8-14-21(18)28(22)24-26-20-13-7-6-12-19(20)23(27-24)25-16-17-9-3-2-4-10-17;1-2-8-17(9-3-1)16-24-22-19-11-5-6-12-20(19)25-23(26-22)27-15-14-18-10-4-7-13-21(18)27/h2-5,8-11,14-15H,6-7,12-13,16H2,1H3,(H,25,26,27);1-4,7-10,13-15H,5-6,11-12,16H2,(H,24,25,26). The molecule has 10 rings (SSSR count). The van der Waals surface area contributed by atoms with E-state index in [9.17, 15) is 0 Å². The van der Waals surface area contributed by atoms with E-state index >= 15 is 0 Å². The molecule has 4 aromatic carbocycles. The summed E-state index contributed by atoms with van der Waals surface area (Å²) in [4.78, 5) is 19.8. The molecular formula is C47H46N8O. The van der Waals surface area contributed by atoms with Gasteiger partial charge in [0.2, 0.25) is 17.8 Å². The van der Waals surface area contributed by atoms with Crippen LogP contribution in [0.5, 0.6) is 5.88 Å². The predicted molar refractivity (Wildman–Crippen MR) is 225 cm³/mol. The van der Waals surface area contributed by atoms with Crippen molar-refractivity contribution in [1.29, 1.82) is 0 Å². The largest absolute Gasteiger partial charge is 0.482 e. The van der Waals surface area contributed by atoms with Gasteiger partial charge in [-0.15, -0.1) is 0 Å². The van der Waals surface area contributed by atoms with Gasteiger partial charge in [0.05, 0.1) is 29.5 Å². The van der Waals surface area contributed by atoms with E-state index in [1.54, 1.807) is 7.11 Å². The molecule has 2 aliphatic rings. The van der Waals surface area contributed by atoms with Crippen LogP contribution in [0.2, 0.25) is 0 Å². The van der Waals surface area contributed by atoms with E-state index in [2.05, 4.69) is 112 Å². The van der Waals surface area contributed by atoms with Gasteiger partial charge in [0.15, 0.2) is 0 Å². The highest BCUT2D eigenvalue weighted by atomic mass is 16.5. The van der Waals surface area contributed by atoms with Crippen LogP contribution in [0.3, 0.4) is 0 Å². The van der Waals surface area contributed by atoms with Gasteiger partial charge in [-0.2, -0.15) is 9.97 Å². The Hall–Kier alpha value is -6.48. The first kappa shape index (κ1) is 35.2. The Bertz CT molecular complexity index is 2600. The van der Waals surface area contributed by atoms with Gasteiger partial charge in [-0.3, -0.25) is 4.57 Å². The van der Waals surface area contributed by atoms with Crippen LogP contribution in [-0.4, -0.2) is 36.2 Å². The van der Waals surface area contributed by atoms with E-state index in [1.807, 2.05) is 34.9 Å². The summed E-state index contributed by atoms with van der Waals surface area (Å²) in [5.74, 6) is 4.09. The summed E-state index contributed by atoms with van der Waals surface area (Å²) in [5.41, 5.74) is 9.58. The fraction of sp³-hybridized carbons (Fsp3) is 0.234. The van der Waals surface area contributed by atoms with Gasteiger partial charge in [0, 0.05) is 47.3 Å². The van der Waals surface area contributed by atoms with Gasteiger partial charge in [-0.1, -0.05) is 97.1 Å². The molecule has 0 bridgehead atoms. The zero-order valence-corrected chi connectivity index (χ0v) is 31.8. The third kappa shape index (κ3) is 7.32. The van der Waals surface area contributed by atoms with Crippen LogP contribution < -0.4 is 15.4 Å². The van der Waals surface area contributed by atoms with Crippen molar-refractivity contribution >= 4 is 33.4 Å².